The Kier molecular flexibility index (Phi) is 6.66. The molecule has 0 saturated carbocycles. The van der Waals surface area contributed by atoms with Gasteiger partial charge in [-0.1, -0.05) is 72.8 Å². The molecule has 5 nitrogen and oxygen atoms in total. The van der Waals surface area contributed by atoms with Gasteiger partial charge in [0.2, 0.25) is 0 Å². The Morgan fingerprint density at radius 1 is 0.667 bits per heavy atom. The second kappa shape index (κ2) is 10.5. The van der Waals surface area contributed by atoms with Crippen LogP contribution in [0.2, 0.25) is 0 Å². The largest absolute Gasteiger partial charge is 0.492 e. The number of piperazine rings is 1. The highest BCUT2D eigenvalue weighted by Gasteiger charge is 2.20. The topological polar surface area (TPSA) is 33.5 Å². The number of para-hydroxylation sites is 2. The molecule has 5 heteroatoms. The summed E-state index contributed by atoms with van der Waals surface area (Å²) in [5, 5.41) is 2.47. The van der Waals surface area contributed by atoms with E-state index in [-0.39, 0.29) is 0 Å². The molecular weight excluding hydrogens is 444 g/mol. The van der Waals surface area contributed by atoms with E-state index in [1.54, 1.807) is 0 Å². The molecule has 0 unspecified atom stereocenters. The summed E-state index contributed by atoms with van der Waals surface area (Å²) in [6, 6.07) is 33.9. The molecular formula is C31H32N4O. The van der Waals surface area contributed by atoms with Gasteiger partial charge >= 0.3 is 0 Å². The van der Waals surface area contributed by atoms with Crippen molar-refractivity contribution in [1.82, 2.24) is 19.4 Å². The lowest BCUT2D eigenvalue weighted by molar-refractivity contribution is 0.110. The van der Waals surface area contributed by atoms with Crippen LogP contribution in [0.25, 0.3) is 21.8 Å². The average molecular weight is 477 g/mol. The van der Waals surface area contributed by atoms with Gasteiger partial charge in [0, 0.05) is 39.3 Å². The van der Waals surface area contributed by atoms with Crippen molar-refractivity contribution in [3.63, 3.8) is 0 Å². The van der Waals surface area contributed by atoms with E-state index in [2.05, 4.69) is 111 Å². The second-order valence-corrected chi connectivity index (χ2v) is 9.56. The van der Waals surface area contributed by atoms with Crippen LogP contribution >= 0.6 is 0 Å². The maximum absolute atomic E-state index is 6.08. The van der Waals surface area contributed by atoms with Gasteiger partial charge in [0.05, 0.1) is 17.6 Å². The third kappa shape index (κ3) is 5.13. The minimum atomic E-state index is 0.714. The molecule has 0 atom stereocenters. The van der Waals surface area contributed by atoms with Crippen molar-refractivity contribution in [2.24, 2.45) is 0 Å². The lowest BCUT2D eigenvalue weighted by Gasteiger charge is -2.34. The fourth-order valence-corrected chi connectivity index (χ4v) is 5.11. The van der Waals surface area contributed by atoms with E-state index >= 15 is 0 Å². The quantitative estimate of drug-likeness (QED) is 0.299. The first kappa shape index (κ1) is 22.8. The molecule has 0 aliphatic carbocycles. The van der Waals surface area contributed by atoms with Gasteiger partial charge < -0.3 is 9.30 Å². The first-order valence-electron chi connectivity index (χ1n) is 12.9. The predicted octanol–water partition coefficient (Wildman–Crippen LogP) is 5.43. The summed E-state index contributed by atoms with van der Waals surface area (Å²) >= 11 is 0. The number of hydrogen-bond acceptors (Lipinski definition) is 4. The SMILES string of the molecule is c1ccc(Cn2c(CN3CCN(CCOc4ccc5ccccc5c4)CC3)nc3ccccc32)cc1. The Labute approximate surface area is 212 Å². The van der Waals surface area contributed by atoms with Crippen molar-refractivity contribution in [2.45, 2.75) is 13.1 Å². The summed E-state index contributed by atoms with van der Waals surface area (Å²) in [5.74, 6) is 2.10. The molecule has 1 saturated heterocycles. The first-order chi connectivity index (χ1) is 17.8. The van der Waals surface area contributed by atoms with Crippen LogP contribution in [-0.4, -0.2) is 58.7 Å². The maximum Gasteiger partial charge on any atom is 0.124 e. The predicted molar refractivity (Wildman–Crippen MR) is 146 cm³/mol. The lowest BCUT2D eigenvalue weighted by atomic mass is 10.1. The molecule has 6 rings (SSSR count). The van der Waals surface area contributed by atoms with Crippen molar-refractivity contribution < 1.29 is 4.74 Å². The Morgan fingerprint density at radius 2 is 1.39 bits per heavy atom. The van der Waals surface area contributed by atoms with Crippen LogP contribution in [0.3, 0.4) is 0 Å². The molecule has 0 spiro atoms. The van der Waals surface area contributed by atoms with Gasteiger partial charge in [0.15, 0.2) is 0 Å². The molecule has 0 N–H and O–H groups in total. The standard InChI is InChI=1S/C31H32N4O/c1-2-8-25(9-3-1)23-35-30-13-7-6-12-29(30)32-31(35)24-34-18-16-33(17-19-34)20-21-36-28-15-14-26-10-4-5-11-27(26)22-28/h1-15,22H,16-21,23-24H2. The van der Waals surface area contributed by atoms with E-state index in [1.165, 1.54) is 21.9 Å². The Bertz CT molecular complexity index is 1440. The van der Waals surface area contributed by atoms with Crippen molar-refractivity contribution in [2.75, 3.05) is 39.3 Å². The highest BCUT2D eigenvalue weighted by molar-refractivity contribution is 5.83. The van der Waals surface area contributed by atoms with Crippen LogP contribution in [0.4, 0.5) is 0 Å². The number of imidazole rings is 1. The van der Waals surface area contributed by atoms with Crippen molar-refractivity contribution in [1.29, 1.82) is 0 Å². The molecule has 0 bridgehead atoms. The summed E-state index contributed by atoms with van der Waals surface area (Å²) in [7, 11) is 0. The van der Waals surface area contributed by atoms with E-state index in [4.69, 9.17) is 9.72 Å². The van der Waals surface area contributed by atoms with Gasteiger partial charge in [-0.05, 0) is 40.6 Å². The summed E-state index contributed by atoms with van der Waals surface area (Å²) in [4.78, 5) is 10.0. The highest BCUT2D eigenvalue weighted by Crippen LogP contribution is 2.21. The van der Waals surface area contributed by atoms with Crippen molar-refractivity contribution in [3.05, 3.63) is 108 Å². The third-order valence-electron chi connectivity index (χ3n) is 7.14. The summed E-state index contributed by atoms with van der Waals surface area (Å²) < 4.78 is 8.46. The number of aromatic nitrogens is 2. The van der Waals surface area contributed by atoms with Crippen LogP contribution in [0.5, 0.6) is 5.75 Å². The van der Waals surface area contributed by atoms with Crippen LogP contribution in [0, 0.1) is 0 Å². The van der Waals surface area contributed by atoms with Gasteiger partial charge in [-0.25, -0.2) is 4.98 Å². The van der Waals surface area contributed by atoms with Gasteiger partial charge in [0.25, 0.3) is 0 Å². The summed E-state index contributed by atoms with van der Waals surface area (Å²) in [6.07, 6.45) is 0. The third-order valence-corrected chi connectivity index (χ3v) is 7.14. The Morgan fingerprint density at radius 3 is 2.25 bits per heavy atom. The van der Waals surface area contributed by atoms with Gasteiger partial charge in [-0.3, -0.25) is 9.80 Å². The van der Waals surface area contributed by atoms with Crippen LogP contribution in [0.1, 0.15) is 11.4 Å². The average Bonchev–Trinajstić information content (AvgIpc) is 3.27. The molecule has 0 amide bonds. The zero-order valence-electron chi connectivity index (χ0n) is 20.6. The molecule has 0 radical (unpaired) electrons. The fraction of sp³-hybridized carbons (Fsp3) is 0.258. The number of hydrogen-bond donors (Lipinski definition) is 0. The van der Waals surface area contributed by atoms with Crippen LogP contribution in [-0.2, 0) is 13.1 Å². The number of benzene rings is 4. The van der Waals surface area contributed by atoms with Gasteiger partial charge in [-0.2, -0.15) is 0 Å². The number of ether oxygens (including phenoxy) is 1. The van der Waals surface area contributed by atoms with Crippen molar-refractivity contribution >= 4 is 21.8 Å². The molecule has 1 aliphatic heterocycles. The summed E-state index contributed by atoms with van der Waals surface area (Å²) in [5.41, 5.74) is 3.59. The number of nitrogens with zero attached hydrogens (tertiary/aromatic N) is 4. The van der Waals surface area contributed by atoms with Crippen LogP contribution in [0.15, 0.2) is 97.1 Å². The molecule has 2 heterocycles. The molecule has 1 fully saturated rings. The zero-order chi connectivity index (χ0) is 24.2. The fourth-order valence-electron chi connectivity index (χ4n) is 5.11. The number of fused-ring (bicyclic) bond motifs is 2. The number of rotatable bonds is 8. The smallest absolute Gasteiger partial charge is 0.124 e. The lowest BCUT2D eigenvalue weighted by Crippen LogP contribution is -2.47. The van der Waals surface area contributed by atoms with Crippen molar-refractivity contribution in [3.8, 4) is 5.75 Å². The normalized spacial score (nSPS) is 15.0. The van der Waals surface area contributed by atoms with E-state index in [9.17, 15) is 0 Å². The summed E-state index contributed by atoms with van der Waals surface area (Å²) in [6.45, 7) is 7.60. The van der Waals surface area contributed by atoms with E-state index in [1.807, 2.05) is 0 Å². The van der Waals surface area contributed by atoms with Gasteiger partial charge in [-0.15, -0.1) is 0 Å². The monoisotopic (exact) mass is 476 g/mol. The second-order valence-electron chi connectivity index (χ2n) is 9.56. The molecule has 36 heavy (non-hydrogen) atoms. The molecule has 1 aromatic heterocycles. The Balaban J connectivity index is 1.04. The first-order valence-corrected chi connectivity index (χ1v) is 12.9. The maximum atomic E-state index is 6.08. The highest BCUT2D eigenvalue weighted by atomic mass is 16.5. The molecule has 1 aliphatic rings. The molecule has 5 aromatic rings. The minimum Gasteiger partial charge on any atom is -0.492 e. The zero-order valence-corrected chi connectivity index (χ0v) is 20.6. The minimum absolute atomic E-state index is 0.714. The van der Waals surface area contributed by atoms with E-state index in [0.717, 1.165) is 62.9 Å². The van der Waals surface area contributed by atoms with Gasteiger partial charge in [0.1, 0.15) is 18.2 Å². The molecule has 182 valence electrons. The van der Waals surface area contributed by atoms with Crippen LogP contribution < -0.4 is 4.74 Å². The van der Waals surface area contributed by atoms with E-state index in [0.29, 0.717) is 6.61 Å². The Hall–Kier alpha value is -3.67. The molecule has 4 aromatic carbocycles. The van der Waals surface area contributed by atoms with E-state index < -0.39 is 0 Å².